The van der Waals surface area contributed by atoms with Crippen molar-refractivity contribution in [2.45, 2.75) is 13.5 Å². The molecule has 1 amide bonds. The maximum absolute atomic E-state index is 12.3. The van der Waals surface area contributed by atoms with Gasteiger partial charge in [0.15, 0.2) is 0 Å². The van der Waals surface area contributed by atoms with E-state index in [-0.39, 0.29) is 12.5 Å². The van der Waals surface area contributed by atoms with Gasteiger partial charge in [-0.05, 0) is 46.9 Å². The summed E-state index contributed by atoms with van der Waals surface area (Å²) in [5, 5.41) is 3.26. The summed E-state index contributed by atoms with van der Waals surface area (Å²) in [6.45, 7) is 1.33. The van der Waals surface area contributed by atoms with E-state index in [9.17, 15) is 14.4 Å². The van der Waals surface area contributed by atoms with Gasteiger partial charge in [-0.25, -0.2) is 9.59 Å². The summed E-state index contributed by atoms with van der Waals surface area (Å²) in [6.07, 6.45) is 0. The van der Waals surface area contributed by atoms with Crippen molar-refractivity contribution in [1.29, 1.82) is 0 Å². The zero-order valence-corrected chi connectivity index (χ0v) is 15.9. The first kappa shape index (κ1) is 18.1. The molecule has 3 rings (SSSR count). The summed E-state index contributed by atoms with van der Waals surface area (Å²) in [7, 11) is 0. The van der Waals surface area contributed by atoms with E-state index in [0.29, 0.717) is 27.8 Å². The minimum atomic E-state index is -0.558. The molecule has 0 bridgehead atoms. The highest BCUT2D eigenvalue weighted by Gasteiger charge is 2.13. The van der Waals surface area contributed by atoms with Crippen LogP contribution in [0.1, 0.15) is 22.8 Å². The van der Waals surface area contributed by atoms with Gasteiger partial charge in [-0.1, -0.05) is 12.1 Å². The summed E-state index contributed by atoms with van der Waals surface area (Å²) in [5.41, 5.74) is 1.27. The largest absolute Gasteiger partial charge is 0.457 e. The summed E-state index contributed by atoms with van der Waals surface area (Å²) >= 11 is 2.06. The molecule has 26 heavy (non-hydrogen) atoms. The van der Waals surface area contributed by atoms with Crippen molar-refractivity contribution in [2.24, 2.45) is 0 Å². The molecule has 0 saturated carbocycles. The summed E-state index contributed by atoms with van der Waals surface area (Å²) < 4.78 is 11.3. The topological polar surface area (TPSA) is 85.6 Å². The number of fused-ring (bicyclic) bond motifs is 1. The fraction of sp³-hybridized carbons (Fsp3) is 0.105. The molecule has 0 atom stereocenters. The zero-order valence-electron chi connectivity index (χ0n) is 13.7. The molecule has 0 fully saturated rings. The predicted octanol–water partition coefficient (Wildman–Crippen LogP) is 3.71. The molecule has 0 unspecified atom stereocenters. The molecule has 1 aromatic heterocycles. The van der Waals surface area contributed by atoms with E-state index >= 15 is 0 Å². The van der Waals surface area contributed by atoms with E-state index in [4.69, 9.17) is 9.15 Å². The molecule has 0 saturated heterocycles. The van der Waals surface area contributed by atoms with Gasteiger partial charge in [0, 0.05) is 39.3 Å². The quantitative estimate of drug-likeness (QED) is 0.362. The molecule has 0 radical (unpaired) electrons. The fourth-order valence-corrected chi connectivity index (χ4v) is 3.09. The molecular weight excluding hydrogens is 449 g/mol. The smallest absolute Gasteiger partial charge is 0.339 e. The Labute approximate surface area is 162 Å². The third kappa shape index (κ3) is 4.10. The van der Waals surface area contributed by atoms with E-state index in [1.54, 1.807) is 30.3 Å². The van der Waals surface area contributed by atoms with Crippen molar-refractivity contribution in [3.05, 3.63) is 73.6 Å². The molecule has 0 aliphatic carbocycles. The molecule has 7 heteroatoms. The molecule has 0 aliphatic heterocycles. The number of carbonyl (C=O) groups excluding carboxylic acids is 2. The third-order valence-corrected chi connectivity index (χ3v) is 4.54. The molecule has 3 aromatic rings. The highest BCUT2D eigenvalue weighted by molar-refractivity contribution is 14.1. The zero-order chi connectivity index (χ0) is 18.7. The van der Waals surface area contributed by atoms with E-state index in [2.05, 4.69) is 27.9 Å². The Morgan fingerprint density at radius 1 is 1.15 bits per heavy atom. The van der Waals surface area contributed by atoms with Crippen molar-refractivity contribution in [3.8, 4) is 0 Å². The molecule has 0 spiro atoms. The number of amides is 1. The fourth-order valence-electron chi connectivity index (χ4n) is 2.48. The predicted molar refractivity (Wildman–Crippen MR) is 105 cm³/mol. The van der Waals surface area contributed by atoms with Crippen LogP contribution in [0.25, 0.3) is 11.0 Å². The number of anilines is 1. The first-order valence-corrected chi connectivity index (χ1v) is 8.78. The number of halogens is 1. The molecule has 2 aromatic carbocycles. The number of hydrogen-bond donors (Lipinski definition) is 1. The van der Waals surface area contributed by atoms with Gasteiger partial charge in [0.05, 0.1) is 5.56 Å². The number of nitrogens with one attached hydrogen (secondary N) is 1. The molecule has 132 valence electrons. The second-order valence-electron chi connectivity index (χ2n) is 5.54. The monoisotopic (exact) mass is 463 g/mol. The van der Waals surface area contributed by atoms with Crippen LogP contribution in [0.2, 0.25) is 0 Å². The van der Waals surface area contributed by atoms with Crippen LogP contribution in [0, 0.1) is 3.57 Å². The van der Waals surface area contributed by atoms with Gasteiger partial charge in [-0.3, -0.25) is 4.79 Å². The van der Waals surface area contributed by atoms with Gasteiger partial charge in [0.2, 0.25) is 5.91 Å². The van der Waals surface area contributed by atoms with E-state index in [1.165, 1.54) is 13.0 Å². The van der Waals surface area contributed by atoms with Crippen LogP contribution in [0.5, 0.6) is 0 Å². The summed E-state index contributed by atoms with van der Waals surface area (Å²) in [5.74, 6) is -0.694. The summed E-state index contributed by atoms with van der Waals surface area (Å²) in [6, 6.07) is 13.3. The second-order valence-corrected chi connectivity index (χ2v) is 6.70. The van der Waals surface area contributed by atoms with E-state index in [0.717, 1.165) is 3.57 Å². The Hall–Kier alpha value is -2.68. The van der Waals surface area contributed by atoms with Crippen LogP contribution in [0.15, 0.2) is 57.7 Å². The second kappa shape index (κ2) is 7.69. The van der Waals surface area contributed by atoms with Gasteiger partial charge in [0.25, 0.3) is 0 Å². The standard InChI is InChI=1S/C19H14INO5/c1-11(22)21-13-6-7-14-12(8-18(23)26-17(14)9-13)10-25-19(24)15-4-2-3-5-16(15)20/h2-9H,10H2,1H3,(H,21,22). The molecule has 1 N–H and O–H groups in total. The van der Waals surface area contributed by atoms with Crippen molar-refractivity contribution in [3.63, 3.8) is 0 Å². The Kier molecular flexibility index (Phi) is 5.36. The van der Waals surface area contributed by atoms with Crippen LogP contribution in [0.4, 0.5) is 5.69 Å². The van der Waals surface area contributed by atoms with E-state index in [1.807, 2.05) is 12.1 Å². The minimum Gasteiger partial charge on any atom is -0.457 e. The van der Waals surface area contributed by atoms with Gasteiger partial charge in [0.1, 0.15) is 12.2 Å². The van der Waals surface area contributed by atoms with Crippen LogP contribution >= 0.6 is 22.6 Å². The average molecular weight is 463 g/mol. The van der Waals surface area contributed by atoms with Gasteiger partial charge < -0.3 is 14.5 Å². The lowest BCUT2D eigenvalue weighted by molar-refractivity contribution is -0.114. The van der Waals surface area contributed by atoms with Crippen LogP contribution < -0.4 is 10.9 Å². The Morgan fingerprint density at radius 2 is 1.92 bits per heavy atom. The lowest BCUT2D eigenvalue weighted by Gasteiger charge is -2.09. The van der Waals surface area contributed by atoms with Gasteiger partial charge >= 0.3 is 11.6 Å². The number of rotatable bonds is 4. The first-order chi connectivity index (χ1) is 12.4. The lowest BCUT2D eigenvalue weighted by Crippen LogP contribution is -2.09. The van der Waals surface area contributed by atoms with E-state index < -0.39 is 11.6 Å². The molecule has 6 nitrogen and oxygen atoms in total. The Morgan fingerprint density at radius 3 is 2.65 bits per heavy atom. The molecule has 1 heterocycles. The van der Waals surface area contributed by atoms with Crippen molar-refractivity contribution in [2.75, 3.05) is 5.32 Å². The van der Waals surface area contributed by atoms with Crippen molar-refractivity contribution >= 4 is 51.1 Å². The van der Waals surface area contributed by atoms with Crippen molar-refractivity contribution in [1.82, 2.24) is 0 Å². The lowest BCUT2D eigenvalue weighted by atomic mass is 10.1. The number of hydrogen-bond acceptors (Lipinski definition) is 5. The van der Waals surface area contributed by atoms with Gasteiger partial charge in [-0.15, -0.1) is 0 Å². The number of esters is 1. The van der Waals surface area contributed by atoms with Crippen LogP contribution in [0.3, 0.4) is 0 Å². The molecular formula is C19H14INO5. The third-order valence-electron chi connectivity index (χ3n) is 3.60. The van der Waals surface area contributed by atoms with Gasteiger partial charge in [-0.2, -0.15) is 0 Å². The Balaban J connectivity index is 1.88. The minimum absolute atomic E-state index is 0.0641. The summed E-state index contributed by atoms with van der Waals surface area (Å²) in [4.78, 5) is 35.2. The SMILES string of the molecule is CC(=O)Nc1ccc2c(COC(=O)c3ccccc3I)cc(=O)oc2c1. The normalized spacial score (nSPS) is 10.5. The van der Waals surface area contributed by atoms with Crippen LogP contribution in [-0.4, -0.2) is 11.9 Å². The molecule has 0 aliphatic rings. The highest BCUT2D eigenvalue weighted by atomic mass is 127. The maximum Gasteiger partial charge on any atom is 0.339 e. The van der Waals surface area contributed by atoms with Crippen LogP contribution in [-0.2, 0) is 16.1 Å². The number of benzene rings is 2. The average Bonchev–Trinajstić information content (AvgIpc) is 2.58. The first-order valence-electron chi connectivity index (χ1n) is 7.70. The maximum atomic E-state index is 12.3. The Bertz CT molecular complexity index is 1060. The number of ether oxygens (including phenoxy) is 1. The van der Waals surface area contributed by atoms with Crippen molar-refractivity contribution < 1.29 is 18.7 Å². The highest BCUT2D eigenvalue weighted by Crippen LogP contribution is 2.22. The number of carbonyl (C=O) groups is 2.